The third-order valence-corrected chi connectivity index (χ3v) is 5.61. The monoisotopic (exact) mass is 417 g/mol. The summed E-state index contributed by atoms with van der Waals surface area (Å²) < 4.78 is 28.4. The lowest BCUT2D eigenvalue weighted by molar-refractivity contribution is 0.0695. The molecule has 0 radical (unpaired) electrons. The molecule has 7 nitrogen and oxygen atoms in total. The second kappa shape index (κ2) is 8.75. The van der Waals surface area contributed by atoms with Gasteiger partial charge in [-0.25, -0.2) is 9.59 Å². The number of carbonyl (C=O) groups is 2. The first-order valence-corrected chi connectivity index (χ1v) is 10.5. The highest BCUT2D eigenvalue weighted by Gasteiger charge is 2.23. The fourth-order valence-electron chi connectivity index (χ4n) is 3.64. The van der Waals surface area contributed by atoms with Gasteiger partial charge in [-0.1, -0.05) is 17.1 Å². The van der Waals surface area contributed by atoms with E-state index in [4.69, 9.17) is 4.74 Å². The Bertz CT molecular complexity index is 977. The summed E-state index contributed by atoms with van der Waals surface area (Å²) in [6.07, 6.45) is 3.92. The zero-order valence-corrected chi connectivity index (χ0v) is 16.7. The van der Waals surface area contributed by atoms with Crippen LogP contribution in [0.15, 0.2) is 30.3 Å². The van der Waals surface area contributed by atoms with Crippen LogP contribution in [0.5, 0.6) is 5.75 Å². The van der Waals surface area contributed by atoms with Crippen molar-refractivity contribution in [1.29, 1.82) is 0 Å². The van der Waals surface area contributed by atoms with E-state index in [1.165, 1.54) is 6.07 Å². The molecule has 2 aromatic carbocycles. The molecular formula is C21H21O7S-. The Labute approximate surface area is 170 Å². The van der Waals surface area contributed by atoms with Crippen LogP contribution in [0.4, 0.5) is 0 Å². The molecule has 0 spiro atoms. The minimum absolute atomic E-state index is 0.0147. The van der Waals surface area contributed by atoms with Crippen LogP contribution in [-0.2, 0) is 16.8 Å². The quantitative estimate of drug-likeness (QED) is 0.657. The third kappa shape index (κ3) is 4.83. The van der Waals surface area contributed by atoms with E-state index in [0.717, 1.165) is 31.7 Å². The number of aromatic carboxylic acids is 2. The second-order valence-electron chi connectivity index (χ2n) is 7.13. The lowest BCUT2D eigenvalue weighted by Gasteiger charge is -2.20. The molecule has 0 heterocycles. The molecule has 0 amide bonds. The summed E-state index contributed by atoms with van der Waals surface area (Å²) >= 11 is -2.31. The molecule has 0 aromatic heterocycles. The number of aryl methyl sites for hydroxylation is 1. The van der Waals surface area contributed by atoms with Crippen molar-refractivity contribution in [2.24, 2.45) is 0 Å². The molecule has 1 aliphatic carbocycles. The van der Waals surface area contributed by atoms with Crippen LogP contribution in [0.3, 0.4) is 0 Å². The maximum absolute atomic E-state index is 11.9. The molecule has 1 atom stereocenters. The summed E-state index contributed by atoms with van der Waals surface area (Å²) in [5.41, 5.74) is 1.36. The fraction of sp³-hybridized carbons (Fsp3) is 0.333. The van der Waals surface area contributed by atoms with E-state index >= 15 is 0 Å². The largest absolute Gasteiger partial charge is 0.772 e. The number of carboxylic acids is 2. The summed E-state index contributed by atoms with van der Waals surface area (Å²) in [5.74, 6) is -2.24. The molecule has 1 saturated carbocycles. The summed E-state index contributed by atoms with van der Waals surface area (Å²) in [6.45, 7) is 1.59. The number of hydrogen-bond donors (Lipinski definition) is 2. The number of carboxylic acid groups (broad SMARTS) is 2. The van der Waals surface area contributed by atoms with E-state index in [-0.39, 0.29) is 23.0 Å². The predicted molar refractivity (Wildman–Crippen MR) is 106 cm³/mol. The highest BCUT2D eigenvalue weighted by atomic mass is 32.2. The van der Waals surface area contributed by atoms with Gasteiger partial charge in [-0.15, -0.1) is 0 Å². The van der Waals surface area contributed by atoms with Crippen molar-refractivity contribution in [1.82, 2.24) is 0 Å². The van der Waals surface area contributed by atoms with Gasteiger partial charge in [0.1, 0.15) is 5.75 Å². The van der Waals surface area contributed by atoms with E-state index in [0.29, 0.717) is 28.0 Å². The topological polar surface area (TPSA) is 124 Å². The highest BCUT2D eigenvalue weighted by molar-refractivity contribution is 7.78. The summed E-state index contributed by atoms with van der Waals surface area (Å²) in [7, 11) is 0. The van der Waals surface area contributed by atoms with Crippen LogP contribution in [0.25, 0.3) is 11.1 Å². The smallest absolute Gasteiger partial charge is 0.336 e. The average Bonchev–Trinajstić information content (AvgIpc) is 3.14. The second-order valence-corrected chi connectivity index (χ2v) is 8.02. The van der Waals surface area contributed by atoms with Crippen LogP contribution in [-0.4, -0.2) is 37.0 Å². The Balaban J connectivity index is 2.18. The van der Waals surface area contributed by atoms with Gasteiger partial charge in [0.2, 0.25) is 0 Å². The first-order valence-electron chi connectivity index (χ1n) is 9.23. The molecule has 1 fully saturated rings. The van der Waals surface area contributed by atoms with Crippen LogP contribution in [0.2, 0.25) is 0 Å². The van der Waals surface area contributed by atoms with Crippen molar-refractivity contribution in [3.63, 3.8) is 0 Å². The summed E-state index contributed by atoms with van der Waals surface area (Å²) in [6, 6.07) is 7.53. The summed E-state index contributed by atoms with van der Waals surface area (Å²) in [5, 5.41) is 19.0. The van der Waals surface area contributed by atoms with Gasteiger partial charge in [-0.2, -0.15) is 0 Å². The number of rotatable bonds is 7. The SMILES string of the molecule is Cc1cc(-c2cc(CS(=O)[O-])ccc2OC2CCCC2)c(C(=O)O)cc1C(=O)O. The van der Waals surface area contributed by atoms with E-state index in [9.17, 15) is 28.6 Å². The molecule has 29 heavy (non-hydrogen) atoms. The van der Waals surface area contributed by atoms with Crippen molar-refractivity contribution in [2.75, 3.05) is 0 Å². The van der Waals surface area contributed by atoms with Gasteiger partial charge >= 0.3 is 11.9 Å². The van der Waals surface area contributed by atoms with Gasteiger partial charge in [0.15, 0.2) is 0 Å². The normalized spacial score (nSPS) is 15.2. The number of hydrogen-bond acceptors (Lipinski definition) is 5. The minimum Gasteiger partial charge on any atom is -0.772 e. The van der Waals surface area contributed by atoms with Gasteiger partial charge in [0, 0.05) is 16.9 Å². The first kappa shape index (κ1) is 21.0. The van der Waals surface area contributed by atoms with E-state index in [1.54, 1.807) is 25.1 Å². The zero-order chi connectivity index (χ0) is 21.1. The van der Waals surface area contributed by atoms with Gasteiger partial charge < -0.3 is 19.5 Å². The van der Waals surface area contributed by atoms with E-state index in [1.807, 2.05) is 0 Å². The van der Waals surface area contributed by atoms with Crippen LogP contribution < -0.4 is 4.74 Å². The Morgan fingerprint density at radius 1 is 1.07 bits per heavy atom. The molecule has 2 N–H and O–H groups in total. The standard InChI is InChI=1S/C21H22O7S/c1-12-8-16(18(21(24)25)10-15(12)20(22)23)17-9-13(11-29(26)27)6-7-19(17)28-14-4-2-3-5-14/h6-10,14H,2-5,11H2,1H3,(H,22,23)(H,24,25)(H,26,27)/p-1. The molecule has 0 aliphatic heterocycles. The third-order valence-electron chi connectivity index (χ3n) is 5.04. The van der Waals surface area contributed by atoms with Crippen molar-refractivity contribution < 1.29 is 33.3 Å². The Kier molecular flexibility index (Phi) is 6.34. The zero-order valence-electron chi connectivity index (χ0n) is 15.8. The molecule has 154 valence electrons. The molecule has 1 aliphatic rings. The van der Waals surface area contributed by atoms with Gasteiger partial charge in [0.25, 0.3) is 0 Å². The Morgan fingerprint density at radius 2 is 1.72 bits per heavy atom. The molecule has 2 aromatic rings. The van der Waals surface area contributed by atoms with Crippen molar-refractivity contribution in [3.8, 4) is 16.9 Å². The molecule has 0 bridgehead atoms. The van der Waals surface area contributed by atoms with Crippen molar-refractivity contribution in [2.45, 2.75) is 44.5 Å². The summed E-state index contributed by atoms with van der Waals surface area (Å²) in [4.78, 5) is 23.3. The average molecular weight is 417 g/mol. The number of benzene rings is 2. The first-order chi connectivity index (χ1) is 13.8. The van der Waals surface area contributed by atoms with E-state index in [2.05, 4.69) is 0 Å². The molecule has 8 heteroatoms. The maximum atomic E-state index is 11.9. The van der Waals surface area contributed by atoms with Gasteiger partial charge in [-0.3, -0.25) is 4.21 Å². The van der Waals surface area contributed by atoms with E-state index < -0.39 is 23.0 Å². The van der Waals surface area contributed by atoms with Gasteiger partial charge in [0.05, 0.1) is 17.2 Å². The van der Waals surface area contributed by atoms with Crippen LogP contribution in [0, 0.1) is 6.92 Å². The highest BCUT2D eigenvalue weighted by Crippen LogP contribution is 2.37. The molecule has 0 saturated heterocycles. The predicted octanol–water partition coefficient (Wildman–Crippen LogP) is 3.76. The minimum atomic E-state index is -2.31. The molecule has 3 rings (SSSR count). The lowest BCUT2D eigenvalue weighted by Crippen LogP contribution is -2.13. The van der Waals surface area contributed by atoms with Crippen LogP contribution >= 0.6 is 0 Å². The van der Waals surface area contributed by atoms with Gasteiger partial charge in [-0.05, 0) is 68.0 Å². The molecule has 1 unspecified atom stereocenters. The Morgan fingerprint density at radius 3 is 2.31 bits per heavy atom. The maximum Gasteiger partial charge on any atom is 0.336 e. The lowest BCUT2D eigenvalue weighted by atomic mass is 9.92. The van der Waals surface area contributed by atoms with Crippen molar-refractivity contribution in [3.05, 3.63) is 52.6 Å². The Hall–Kier alpha value is -2.71. The molecular weight excluding hydrogens is 396 g/mol. The van der Waals surface area contributed by atoms with Crippen molar-refractivity contribution >= 4 is 23.0 Å². The number of ether oxygens (including phenoxy) is 1. The van der Waals surface area contributed by atoms with Crippen LogP contribution in [0.1, 0.15) is 57.5 Å². The fourth-order valence-corrected chi connectivity index (χ4v) is 4.09.